The van der Waals surface area contributed by atoms with Gasteiger partial charge >= 0.3 is 0 Å². The van der Waals surface area contributed by atoms with Gasteiger partial charge in [0.05, 0.1) is 4.88 Å². The van der Waals surface area contributed by atoms with Crippen LogP contribution in [-0.4, -0.2) is 72.3 Å². The molecule has 4 N–H and O–H groups in total. The van der Waals surface area contributed by atoms with E-state index < -0.39 is 11.6 Å². The van der Waals surface area contributed by atoms with Crippen LogP contribution in [-0.2, 0) is 20.8 Å². The first-order chi connectivity index (χ1) is 23.2. The average molecular weight is 672 g/mol. The van der Waals surface area contributed by atoms with E-state index in [-0.39, 0.29) is 41.6 Å². The van der Waals surface area contributed by atoms with Crippen molar-refractivity contribution in [2.24, 2.45) is 5.92 Å². The quantitative estimate of drug-likeness (QED) is 0.230. The van der Waals surface area contributed by atoms with Crippen LogP contribution in [0.1, 0.15) is 85.9 Å². The molecule has 3 aliphatic carbocycles. The maximum atomic E-state index is 14.1. The van der Waals surface area contributed by atoms with Gasteiger partial charge in [0.2, 0.25) is 17.7 Å². The maximum Gasteiger partial charge on any atom is 0.262 e. The summed E-state index contributed by atoms with van der Waals surface area (Å²) in [6.45, 7) is 0. The van der Waals surface area contributed by atoms with Gasteiger partial charge < -0.3 is 26.2 Å². The van der Waals surface area contributed by atoms with Crippen molar-refractivity contribution in [2.45, 2.75) is 107 Å². The van der Waals surface area contributed by atoms with Crippen molar-refractivity contribution < 1.29 is 19.2 Å². The molecule has 5 atom stereocenters. The predicted octanol–water partition coefficient (Wildman–Crippen LogP) is 4.95. The molecule has 256 valence electrons. The van der Waals surface area contributed by atoms with Crippen LogP contribution in [0.15, 0.2) is 60.7 Å². The number of nitrogens with zero attached hydrogens (tertiary/aromatic N) is 1. The Morgan fingerprint density at radius 1 is 0.875 bits per heavy atom. The number of amides is 4. The molecule has 1 aromatic heterocycles. The standard InChI is InChI=1S/C38H49N5O4S/c1-43(2)31-16-8-7-15-29(31)40-34(44)27-18-19-28(23-27)39-35(45)30(22-25-12-4-3-5-13-25)41-37(47)38(20-10-11-21-38)42-36(46)33-24-26-14-6-9-17-32(26)48-33/h3-6,9,12-14,17,24,27-31H,7-8,10-11,15-16,18-23H2,1-2H3,(H,39,45)(H,40,44)(H,41,47)(H,42,46)/t27-,28+,29+,30-,31+/m1/s1. The molecule has 4 amide bonds. The number of hydrogen-bond donors (Lipinski definition) is 4. The van der Waals surface area contributed by atoms with Crippen molar-refractivity contribution in [2.75, 3.05) is 14.1 Å². The Morgan fingerprint density at radius 3 is 2.35 bits per heavy atom. The summed E-state index contributed by atoms with van der Waals surface area (Å²) in [5, 5.41) is 13.7. The van der Waals surface area contributed by atoms with E-state index in [0.29, 0.717) is 43.0 Å². The molecule has 0 radical (unpaired) electrons. The van der Waals surface area contributed by atoms with E-state index in [1.54, 1.807) is 0 Å². The van der Waals surface area contributed by atoms with E-state index in [1.807, 2.05) is 60.7 Å². The lowest BCUT2D eigenvalue weighted by atomic mass is 9.89. The number of fused-ring (bicyclic) bond motifs is 1. The molecular formula is C38H49N5O4S. The monoisotopic (exact) mass is 671 g/mol. The van der Waals surface area contributed by atoms with Crippen LogP contribution in [0.5, 0.6) is 0 Å². The van der Waals surface area contributed by atoms with Crippen LogP contribution in [0.25, 0.3) is 10.1 Å². The van der Waals surface area contributed by atoms with E-state index in [0.717, 1.165) is 54.2 Å². The zero-order valence-electron chi connectivity index (χ0n) is 28.1. The van der Waals surface area contributed by atoms with Crippen LogP contribution < -0.4 is 21.3 Å². The molecule has 10 heteroatoms. The van der Waals surface area contributed by atoms with Crippen molar-refractivity contribution in [3.63, 3.8) is 0 Å². The second-order valence-corrected chi connectivity index (χ2v) is 15.3. The lowest BCUT2D eigenvalue weighted by molar-refractivity contribution is -0.132. The number of rotatable bonds is 11. The Balaban J connectivity index is 1.11. The van der Waals surface area contributed by atoms with E-state index in [9.17, 15) is 19.2 Å². The summed E-state index contributed by atoms with van der Waals surface area (Å²) in [5.41, 5.74) is -0.151. The summed E-state index contributed by atoms with van der Waals surface area (Å²) >= 11 is 1.41. The fourth-order valence-electron chi connectivity index (χ4n) is 7.97. The molecular weight excluding hydrogens is 623 g/mol. The minimum Gasteiger partial charge on any atom is -0.352 e. The van der Waals surface area contributed by atoms with Crippen molar-refractivity contribution in [3.8, 4) is 0 Å². The van der Waals surface area contributed by atoms with E-state index in [2.05, 4.69) is 40.3 Å². The number of nitrogens with one attached hydrogen (secondary N) is 4. The summed E-state index contributed by atoms with van der Waals surface area (Å²) in [5.74, 6) is -0.915. The Hall–Kier alpha value is -3.76. The second-order valence-electron chi connectivity index (χ2n) is 14.3. The minimum atomic E-state index is -1.08. The summed E-state index contributed by atoms with van der Waals surface area (Å²) in [6.07, 6.45) is 9.41. The molecule has 48 heavy (non-hydrogen) atoms. The van der Waals surface area contributed by atoms with Gasteiger partial charge in [-0.15, -0.1) is 11.3 Å². The molecule has 0 bridgehead atoms. The molecule has 9 nitrogen and oxygen atoms in total. The normalized spacial score (nSPS) is 24.2. The fraction of sp³-hybridized carbons (Fsp3) is 0.526. The molecule has 0 saturated heterocycles. The highest BCUT2D eigenvalue weighted by atomic mass is 32.1. The van der Waals surface area contributed by atoms with Gasteiger partial charge in [-0.3, -0.25) is 19.2 Å². The molecule has 3 saturated carbocycles. The highest BCUT2D eigenvalue weighted by molar-refractivity contribution is 7.20. The van der Waals surface area contributed by atoms with Gasteiger partial charge in [0.1, 0.15) is 11.6 Å². The third-order valence-corrected chi connectivity index (χ3v) is 11.8. The van der Waals surface area contributed by atoms with Crippen molar-refractivity contribution >= 4 is 45.1 Å². The number of benzene rings is 2. The molecule has 6 rings (SSSR count). The average Bonchev–Trinajstić information content (AvgIpc) is 3.86. The third-order valence-electron chi connectivity index (χ3n) is 10.7. The van der Waals surface area contributed by atoms with Gasteiger partial charge in [0.15, 0.2) is 0 Å². The molecule has 1 heterocycles. The highest BCUT2D eigenvalue weighted by Gasteiger charge is 2.44. The Kier molecular flexibility index (Phi) is 10.8. The number of carbonyl (C=O) groups excluding carboxylic acids is 4. The van der Waals surface area contributed by atoms with E-state index in [4.69, 9.17) is 0 Å². The number of thiophene rings is 1. The first kappa shape index (κ1) is 34.1. The van der Waals surface area contributed by atoms with Gasteiger partial charge in [0, 0.05) is 35.2 Å². The lowest BCUT2D eigenvalue weighted by Gasteiger charge is -2.37. The third kappa shape index (κ3) is 7.92. The van der Waals surface area contributed by atoms with Crippen molar-refractivity contribution in [1.29, 1.82) is 0 Å². The summed E-state index contributed by atoms with van der Waals surface area (Å²) in [4.78, 5) is 57.6. The summed E-state index contributed by atoms with van der Waals surface area (Å²) in [7, 11) is 4.16. The second kappa shape index (κ2) is 15.2. The lowest BCUT2D eigenvalue weighted by Crippen LogP contribution is -2.61. The number of carbonyl (C=O) groups is 4. The molecule has 3 aromatic rings. The van der Waals surface area contributed by atoms with Crippen LogP contribution in [0, 0.1) is 5.92 Å². The van der Waals surface area contributed by atoms with Gasteiger partial charge in [-0.25, -0.2) is 0 Å². The first-order valence-corrected chi connectivity index (χ1v) is 18.5. The van der Waals surface area contributed by atoms with Gasteiger partial charge in [0.25, 0.3) is 5.91 Å². The number of likely N-dealkylation sites (N-methyl/N-ethyl adjacent to an activating group) is 1. The Morgan fingerprint density at radius 2 is 1.60 bits per heavy atom. The van der Waals surface area contributed by atoms with Crippen LogP contribution in [0.4, 0.5) is 0 Å². The molecule has 0 unspecified atom stereocenters. The largest absolute Gasteiger partial charge is 0.352 e. The van der Waals surface area contributed by atoms with E-state index in [1.165, 1.54) is 17.8 Å². The molecule has 3 aliphatic rings. The molecule has 2 aromatic carbocycles. The topological polar surface area (TPSA) is 120 Å². The maximum absolute atomic E-state index is 14.1. The van der Waals surface area contributed by atoms with E-state index >= 15 is 0 Å². The first-order valence-electron chi connectivity index (χ1n) is 17.6. The highest BCUT2D eigenvalue weighted by Crippen LogP contribution is 2.33. The zero-order chi connectivity index (χ0) is 33.7. The minimum absolute atomic E-state index is 0.0807. The van der Waals surface area contributed by atoms with Crippen LogP contribution in [0.2, 0.25) is 0 Å². The van der Waals surface area contributed by atoms with Gasteiger partial charge in [-0.1, -0.05) is 74.2 Å². The van der Waals surface area contributed by atoms with Crippen LogP contribution >= 0.6 is 11.3 Å². The number of hydrogen-bond acceptors (Lipinski definition) is 6. The Labute approximate surface area is 287 Å². The zero-order valence-corrected chi connectivity index (χ0v) is 29.0. The fourth-order valence-corrected chi connectivity index (χ4v) is 8.92. The Bertz CT molecular complexity index is 1570. The molecule has 3 fully saturated rings. The van der Waals surface area contributed by atoms with Gasteiger partial charge in [-0.05, 0) is 82.1 Å². The summed E-state index contributed by atoms with van der Waals surface area (Å²) in [6, 6.07) is 18.9. The smallest absolute Gasteiger partial charge is 0.262 e. The van der Waals surface area contributed by atoms with Crippen LogP contribution in [0.3, 0.4) is 0 Å². The molecule has 0 aliphatic heterocycles. The predicted molar refractivity (Wildman–Crippen MR) is 190 cm³/mol. The summed E-state index contributed by atoms with van der Waals surface area (Å²) < 4.78 is 1.02. The van der Waals surface area contributed by atoms with Crippen molar-refractivity contribution in [3.05, 3.63) is 71.1 Å². The van der Waals surface area contributed by atoms with Crippen molar-refractivity contribution in [1.82, 2.24) is 26.2 Å². The van der Waals surface area contributed by atoms with Gasteiger partial charge in [-0.2, -0.15) is 0 Å². The molecule has 0 spiro atoms. The SMILES string of the molecule is CN(C)[C@H]1CCCC[C@@H]1NC(=O)[C@@H]1CC[C@H](NC(=O)[C@@H](Cc2ccccc2)NC(=O)C2(NC(=O)c3cc4ccccc4s3)CCCC2)C1.